The van der Waals surface area contributed by atoms with E-state index in [1.54, 1.807) is 11.8 Å². The molecule has 120 valence electrons. The van der Waals surface area contributed by atoms with Gasteiger partial charge in [0.25, 0.3) is 0 Å². The third kappa shape index (κ3) is 4.69. The van der Waals surface area contributed by atoms with Gasteiger partial charge in [0.15, 0.2) is 15.0 Å². The van der Waals surface area contributed by atoms with Crippen LogP contribution in [0.3, 0.4) is 0 Å². The molecule has 21 heavy (non-hydrogen) atoms. The summed E-state index contributed by atoms with van der Waals surface area (Å²) >= 11 is 1.60. The number of aromatic nitrogens is 3. The molecule has 1 aromatic heterocycles. The van der Waals surface area contributed by atoms with Gasteiger partial charge in [0.1, 0.15) is 5.82 Å². The molecule has 1 aromatic rings. The maximum atomic E-state index is 11.7. The molecule has 1 atom stereocenters. The first-order valence-electron chi connectivity index (χ1n) is 7.36. The highest BCUT2D eigenvalue weighted by molar-refractivity contribution is 7.99. The first kappa shape index (κ1) is 16.8. The Hall–Kier alpha value is -0.600. The summed E-state index contributed by atoms with van der Waals surface area (Å²) in [4.78, 5) is 0. The van der Waals surface area contributed by atoms with Gasteiger partial charge < -0.3 is 10.3 Å². The fourth-order valence-electron chi connectivity index (χ4n) is 2.57. The summed E-state index contributed by atoms with van der Waals surface area (Å²) in [5.41, 5.74) is 5.70. The number of nitrogens with zero attached hydrogens (tertiary/aromatic N) is 3. The topological polar surface area (TPSA) is 90.9 Å². The van der Waals surface area contributed by atoms with Crippen molar-refractivity contribution in [1.82, 2.24) is 14.8 Å². The quantitative estimate of drug-likeness (QED) is 0.790. The van der Waals surface area contributed by atoms with Gasteiger partial charge in [-0.2, -0.15) is 0 Å². The maximum Gasteiger partial charge on any atom is 0.191 e. The van der Waals surface area contributed by atoms with E-state index in [2.05, 4.69) is 28.6 Å². The Morgan fingerprint density at radius 1 is 1.43 bits per heavy atom. The lowest BCUT2D eigenvalue weighted by Crippen LogP contribution is -2.26. The highest BCUT2D eigenvalue weighted by Crippen LogP contribution is 2.26. The number of hydrogen-bond donors (Lipinski definition) is 1. The Morgan fingerprint density at radius 3 is 2.81 bits per heavy atom. The Bertz CT molecular complexity index is 569. The van der Waals surface area contributed by atoms with Crippen molar-refractivity contribution in [3.8, 4) is 0 Å². The zero-order chi connectivity index (χ0) is 15.5. The minimum absolute atomic E-state index is 0.222. The fourth-order valence-corrected chi connectivity index (χ4v) is 5.60. The molecule has 0 aromatic carbocycles. The first-order valence-corrected chi connectivity index (χ1v) is 10.2. The number of nitrogens with two attached hydrogens (primary N) is 1. The summed E-state index contributed by atoms with van der Waals surface area (Å²) in [6, 6.07) is 0. The second-order valence-electron chi connectivity index (χ2n) is 6.04. The largest absolute Gasteiger partial charge is 0.324 e. The summed E-state index contributed by atoms with van der Waals surface area (Å²) in [6.07, 6.45) is 1.76. The van der Waals surface area contributed by atoms with Crippen LogP contribution in [-0.2, 0) is 22.9 Å². The van der Waals surface area contributed by atoms with Crippen molar-refractivity contribution >= 4 is 21.6 Å². The summed E-state index contributed by atoms with van der Waals surface area (Å²) in [6.45, 7) is 5.49. The van der Waals surface area contributed by atoms with Crippen LogP contribution in [0.1, 0.15) is 32.5 Å². The molecule has 0 radical (unpaired) electrons. The fraction of sp³-hybridized carbons (Fsp3) is 0.846. The number of rotatable bonds is 6. The van der Waals surface area contributed by atoms with Crippen molar-refractivity contribution in [3.63, 3.8) is 0 Å². The zero-order valence-electron chi connectivity index (χ0n) is 12.7. The summed E-state index contributed by atoms with van der Waals surface area (Å²) in [5.74, 6) is 2.93. The molecule has 0 spiro atoms. The molecule has 1 fully saturated rings. The van der Waals surface area contributed by atoms with Crippen LogP contribution in [0, 0.1) is 11.8 Å². The minimum Gasteiger partial charge on any atom is -0.324 e. The Morgan fingerprint density at radius 2 is 2.19 bits per heavy atom. The zero-order valence-corrected chi connectivity index (χ0v) is 14.3. The van der Waals surface area contributed by atoms with E-state index in [1.807, 2.05) is 0 Å². The maximum absolute atomic E-state index is 11.7. The molecule has 2 N–H and O–H groups in total. The third-order valence-electron chi connectivity index (χ3n) is 3.53. The van der Waals surface area contributed by atoms with Gasteiger partial charge in [-0.25, -0.2) is 8.42 Å². The van der Waals surface area contributed by atoms with Gasteiger partial charge in [-0.3, -0.25) is 0 Å². The van der Waals surface area contributed by atoms with Crippen molar-refractivity contribution in [2.45, 2.75) is 44.9 Å². The van der Waals surface area contributed by atoms with E-state index in [4.69, 9.17) is 5.73 Å². The lowest BCUT2D eigenvalue weighted by molar-refractivity contribution is 0.479. The smallest absolute Gasteiger partial charge is 0.191 e. The van der Waals surface area contributed by atoms with Crippen LogP contribution in [-0.4, -0.2) is 40.4 Å². The Labute approximate surface area is 130 Å². The van der Waals surface area contributed by atoms with Crippen LogP contribution in [0.25, 0.3) is 0 Å². The second kappa shape index (κ2) is 7.11. The van der Waals surface area contributed by atoms with E-state index in [-0.39, 0.29) is 5.92 Å². The van der Waals surface area contributed by atoms with Crippen molar-refractivity contribution in [1.29, 1.82) is 0 Å². The summed E-state index contributed by atoms with van der Waals surface area (Å²) < 4.78 is 25.4. The van der Waals surface area contributed by atoms with Gasteiger partial charge in [0.05, 0.1) is 18.1 Å². The lowest BCUT2D eigenvalue weighted by atomic mass is 10.1. The van der Waals surface area contributed by atoms with Crippen LogP contribution < -0.4 is 5.73 Å². The molecule has 0 bridgehead atoms. The highest BCUT2D eigenvalue weighted by Gasteiger charge is 2.25. The van der Waals surface area contributed by atoms with E-state index in [9.17, 15) is 8.42 Å². The van der Waals surface area contributed by atoms with Gasteiger partial charge in [0, 0.05) is 12.3 Å². The molecule has 2 heterocycles. The van der Waals surface area contributed by atoms with Gasteiger partial charge in [-0.05, 0) is 24.7 Å². The predicted octanol–water partition coefficient (Wildman–Crippen LogP) is 1.31. The van der Waals surface area contributed by atoms with E-state index in [0.717, 1.165) is 36.1 Å². The van der Waals surface area contributed by atoms with E-state index in [1.165, 1.54) is 0 Å². The van der Waals surface area contributed by atoms with Gasteiger partial charge in [-0.15, -0.1) is 10.2 Å². The monoisotopic (exact) mass is 332 g/mol. The normalized spacial score (nSPS) is 21.8. The lowest BCUT2D eigenvalue weighted by Gasteiger charge is -2.21. The van der Waals surface area contributed by atoms with Crippen molar-refractivity contribution in [3.05, 3.63) is 5.82 Å². The van der Waals surface area contributed by atoms with Crippen molar-refractivity contribution in [2.75, 3.05) is 17.3 Å². The first-order chi connectivity index (χ1) is 9.91. The Kier molecular flexibility index (Phi) is 5.67. The van der Waals surface area contributed by atoms with Gasteiger partial charge in [0.2, 0.25) is 0 Å². The van der Waals surface area contributed by atoms with E-state index < -0.39 is 9.84 Å². The number of thioether (sulfide) groups is 1. The number of sulfone groups is 1. The highest BCUT2D eigenvalue weighted by atomic mass is 32.2. The average molecular weight is 332 g/mol. The standard InChI is InChI=1S/C13H24N4O2S2/c1-10(2)7-17-12(6-14)15-16-13(17)20-8-11-4-3-5-21(18,19)9-11/h10-11H,3-9,14H2,1-2H3/t11-/m0/s1. The molecule has 1 aliphatic heterocycles. The van der Waals surface area contributed by atoms with Crippen LogP contribution in [0.4, 0.5) is 0 Å². The third-order valence-corrected chi connectivity index (χ3v) is 6.62. The van der Waals surface area contributed by atoms with Crippen LogP contribution >= 0.6 is 11.8 Å². The van der Waals surface area contributed by atoms with Crippen LogP contribution in [0.15, 0.2) is 5.16 Å². The molecular formula is C13H24N4O2S2. The molecular weight excluding hydrogens is 308 g/mol. The molecule has 1 aliphatic rings. The van der Waals surface area contributed by atoms with Crippen LogP contribution in [0.5, 0.6) is 0 Å². The SMILES string of the molecule is CC(C)Cn1c(CN)nnc1SC[C@@H]1CCCS(=O)(=O)C1. The van der Waals surface area contributed by atoms with E-state index in [0.29, 0.717) is 24.0 Å². The van der Waals surface area contributed by atoms with Gasteiger partial charge >= 0.3 is 0 Å². The molecule has 0 amide bonds. The molecule has 0 unspecified atom stereocenters. The van der Waals surface area contributed by atoms with Gasteiger partial charge in [-0.1, -0.05) is 25.6 Å². The molecule has 2 rings (SSSR count). The molecule has 6 nitrogen and oxygen atoms in total. The molecule has 8 heteroatoms. The molecule has 0 aliphatic carbocycles. The summed E-state index contributed by atoms with van der Waals surface area (Å²) in [5, 5.41) is 9.19. The predicted molar refractivity (Wildman–Crippen MR) is 84.9 cm³/mol. The minimum atomic E-state index is -2.84. The van der Waals surface area contributed by atoms with Crippen LogP contribution in [0.2, 0.25) is 0 Å². The second-order valence-corrected chi connectivity index (χ2v) is 9.26. The Balaban J connectivity index is 2.01. The van der Waals surface area contributed by atoms with Crippen molar-refractivity contribution in [2.24, 2.45) is 17.6 Å². The average Bonchev–Trinajstić information content (AvgIpc) is 2.76. The molecule has 1 saturated heterocycles. The number of hydrogen-bond acceptors (Lipinski definition) is 6. The van der Waals surface area contributed by atoms with E-state index >= 15 is 0 Å². The van der Waals surface area contributed by atoms with Crippen molar-refractivity contribution < 1.29 is 8.42 Å². The molecule has 0 saturated carbocycles. The summed E-state index contributed by atoms with van der Waals surface area (Å²) in [7, 11) is -2.84.